The van der Waals surface area contributed by atoms with Gasteiger partial charge < -0.3 is 69.9 Å². The molecule has 0 heterocycles. The fraction of sp³-hybridized carbons (Fsp3) is 0.500. The molecule has 0 aromatic heterocycles. The standard InChI is InChI=1S/C17H28NO2.C14H23N2O2.C14H21NO2.C11H16N2O2.2BrH/c1-8-14-10-9-13(2)15(11-14)18(6,7)12-16(19)20-17(3,4)5;1-14(2,3)18-13(17)10-16(4,5)12-8-6-7-11(15)9-12;1-5-12-7-6-11(2)13(10-12)15(3,4)9-8-14(16)17;1-13(2,7-6-11(14)15)10-5-3-4-9(12)8-10;;/h9-11H,8,12H2,1-7H3;6-9H,10,15H2,1-5H3;6-7,10H,5,8-9H2,1-4H3;3-5,8H,6-7,12H2,1-2H3;2*1H/q2*+1;;;;/p-1. The molecule has 0 unspecified atom stereocenters. The van der Waals surface area contributed by atoms with E-state index in [4.69, 9.17) is 26.0 Å². The fourth-order valence-electron chi connectivity index (χ4n) is 7.42. The van der Waals surface area contributed by atoms with E-state index in [1.165, 1.54) is 33.6 Å². The molecule has 0 aliphatic heterocycles. The SMILES string of the molecule is CC(C)(C)OC(=O)C[N+](C)(C)c1cccc(N)c1.CCc1ccc(C)c([N+](C)(C)CC(=O)OC(C)(C)C)c1.CCc1ccc(C)c([N+](C)(C)CCC(=O)O)c1.C[N+](C)(CCC(=O)[O-])c1cccc(N)c1.[Br-].[Br-]. The van der Waals surface area contributed by atoms with Crippen molar-refractivity contribution in [1.29, 1.82) is 0 Å². The number of halogens is 2. The number of ether oxygens (including phenoxy) is 2. The molecule has 4 aromatic rings. The van der Waals surface area contributed by atoms with Crippen molar-refractivity contribution in [2.45, 2.75) is 106 Å². The van der Waals surface area contributed by atoms with Gasteiger partial charge in [0.25, 0.3) is 0 Å². The van der Waals surface area contributed by atoms with Crippen LogP contribution in [-0.2, 0) is 41.5 Å². The summed E-state index contributed by atoms with van der Waals surface area (Å²) >= 11 is 0. The molecule has 0 fully saturated rings. The van der Waals surface area contributed by atoms with E-state index in [2.05, 4.69) is 78.2 Å². The van der Waals surface area contributed by atoms with Crippen molar-refractivity contribution in [2.24, 2.45) is 0 Å². The normalized spacial score (nSPS) is 11.6. The number of nitrogen functional groups attached to an aromatic ring is 2. The van der Waals surface area contributed by atoms with Crippen LogP contribution in [0.1, 0.15) is 90.5 Å². The van der Waals surface area contributed by atoms with Crippen LogP contribution in [-0.4, -0.2) is 123 Å². The Labute approximate surface area is 453 Å². The van der Waals surface area contributed by atoms with Crippen LogP contribution in [0.25, 0.3) is 0 Å². The number of carboxylic acid groups (broad SMARTS) is 2. The van der Waals surface area contributed by atoms with Gasteiger partial charge in [0.15, 0.2) is 13.1 Å². The third-order valence-electron chi connectivity index (χ3n) is 11.5. The highest BCUT2D eigenvalue weighted by atomic mass is 79.9. The van der Waals surface area contributed by atoms with Crippen LogP contribution in [0.5, 0.6) is 0 Å². The number of nitrogens with two attached hydrogens (primary N) is 2. The summed E-state index contributed by atoms with van der Waals surface area (Å²) in [7, 11) is 16.0. The number of quaternary nitrogens is 4. The Morgan fingerprint density at radius 2 is 0.903 bits per heavy atom. The number of hydrogen-bond acceptors (Lipinski definition) is 9. The summed E-state index contributed by atoms with van der Waals surface area (Å²) in [5, 5.41) is 19.2. The van der Waals surface area contributed by atoms with E-state index in [1.54, 1.807) is 0 Å². The largest absolute Gasteiger partial charge is 1.00 e. The quantitative estimate of drug-likeness (QED) is 0.0856. The summed E-state index contributed by atoms with van der Waals surface area (Å²) in [5.41, 5.74) is 21.3. The molecule has 4 aromatic carbocycles. The molecule has 0 radical (unpaired) electrons. The lowest BCUT2D eigenvalue weighted by atomic mass is 10.1. The molecule has 0 atom stereocenters. The molecule has 0 spiro atoms. The Morgan fingerprint density at radius 3 is 1.25 bits per heavy atom. The molecule has 0 saturated heterocycles. The number of esters is 2. The molecule has 72 heavy (non-hydrogen) atoms. The van der Waals surface area contributed by atoms with E-state index in [9.17, 15) is 24.3 Å². The number of likely N-dealkylation sites (N-methyl/N-ethyl adjacent to an activating group) is 2. The van der Waals surface area contributed by atoms with Gasteiger partial charge in [0.2, 0.25) is 0 Å². The minimum absolute atomic E-state index is 0. The zero-order valence-electron chi connectivity index (χ0n) is 46.7. The molecule has 4 rings (SSSR count). The number of aliphatic carboxylic acids is 2. The molecular formula is C56H89Br2N6O8+. The second kappa shape index (κ2) is 29.8. The maximum absolute atomic E-state index is 12.1. The summed E-state index contributed by atoms with van der Waals surface area (Å²) in [6, 6.07) is 27.9. The number of nitrogens with zero attached hydrogens (tertiary/aromatic N) is 4. The lowest BCUT2D eigenvalue weighted by Gasteiger charge is -2.31. The number of aryl methyl sites for hydroxylation is 4. The van der Waals surface area contributed by atoms with Gasteiger partial charge >= 0.3 is 17.9 Å². The van der Waals surface area contributed by atoms with E-state index in [-0.39, 0.29) is 65.3 Å². The maximum atomic E-state index is 12.1. The van der Waals surface area contributed by atoms with E-state index in [1.807, 2.05) is 132 Å². The predicted molar refractivity (Wildman–Crippen MR) is 290 cm³/mol. The summed E-state index contributed by atoms with van der Waals surface area (Å²) < 4.78 is 12.8. The van der Waals surface area contributed by atoms with E-state index in [0.29, 0.717) is 48.9 Å². The van der Waals surface area contributed by atoms with Crippen molar-refractivity contribution in [1.82, 2.24) is 17.9 Å². The van der Waals surface area contributed by atoms with E-state index < -0.39 is 23.1 Å². The van der Waals surface area contributed by atoms with Gasteiger partial charge in [0.05, 0.1) is 75.9 Å². The van der Waals surface area contributed by atoms with Gasteiger partial charge in [-0.3, -0.25) is 22.7 Å². The Balaban J connectivity index is 0. The fourth-order valence-corrected chi connectivity index (χ4v) is 7.42. The number of carboxylic acids is 2. The van der Waals surface area contributed by atoms with Crippen LogP contribution >= 0.6 is 0 Å². The van der Waals surface area contributed by atoms with Crippen molar-refractivity contribution in [3.63, 3.8) is 0 Å². The maximum Gasteiger partial charge on any atom is 0.362 e. The van der Waals surface area contributed by atoms with Crippen molar-refractivity contribution < 1.29 is 72.8 Å². The number of carbonyl (C=O) groups is 4. The number of carbonyl (C=O) groups excluding carboxylic acids is 3. The second-order valence-electron chi connectivity index (χ2n) is 22.1. The highest BCUT2D eigenvalue weighted by Crippen LogP contribution is 2.28. The number of anilines is 2. The Bertz CT molecular complexity index is 2350. The average molecular weight is 1130 g/mol. The summed E-state index contributed by atoms with van der Waals surface area (Å²) in [6.45, 7) is 21.5. The first-order valence-electron chi connectivity index (χ1n) is 24.0. The summed E-state index contributed by atoms with van der Waals surface area (Å²) in [4.78, 5) is 45.0. The molecule has 0 saturated carbocycles. The van der Waals surface area contributed by atoms with E-state index >= 15 is 0 Å². The highest BCUT2D eigenvalue weighted by molar-refractivity contribution is 5.76. The third kappa shape index (κ3) is 26.2. The first-order chi connectivity index (χ1) is 31.9. The third-order valence-corrected chi connectivity index (χ3v) is 11.5. The van der Waals surface area contributed by atoms with Crippen LogP contribution < -0.4 is 68.5 Å². The smallest absolute Gasteiger partial charge is 0.362 e. The summed E-state index contributed by atoms with van der Waals surface area (Å²) in [5.74, 6) is -2.13. The minimum atomic E-state index is -1.02. The first-order valence-corrected chi connectivity index (χ1v) is 24.0. The average Bonchev–Trinajstić information content (AvgIpc) is 3.21. The molecule has 14 nitrogen and oxygen atoms in total. The van der Waals surface area contributed by atoms with Crippen LogP contribution in [0.3, 0.4) is 0 Å². The zero-order chi connectivity index (χ0) is 54.1. The van der Waals surface area contributed by atoms with Crippen molar-refractivity contribution >= 4 is 58.0 Å². The van der Waals surface area contributed by atoms with Crippen LogP contribution in [0.15, 0.2) is 84.9 Å². The number of hydrogen-bond donors (Lipinski definition) is 3. The monoisotopic (exact) mass is 1130 g/mol. The lowest BCUT2D eigenvalue weighted by Crippen LogP contribution is -3.00. The molecule has 16 heteroatoms. The van der Waals surface area contributed by atoms with Gasteiger partial charge in [-0.25, -0.2) is 9.59 Å². The molecule has 404 valence electrons. The zero-order valence-corrected chi connectivity index (χ0v) is 49.9. The summed E-state index contributed by atoms with van der Waals surface area (Å²) in [6.07, 6.45) is 2.25. The van der Waals surface area contributed by atoms with E-state index in [0.717, 1.165) is 24.2 Å². The molecule has 0 aliphatic carbocycles. The van der Waals surface area contributed by atoms with Gasteiger partial charge in [-0.15, -0.1) is 0 Å². The predicted octanol–water partition coefficient (Wildman–Crippen LogP) is 2.23. The first kappa shape index (κ1) is 69.2. The van der Waals surface area contributed by atoms with Crippen LogP contribution in [0.4, 0.5) is 34.1 Å². The Kier molecular flexibility index (Phi) is 28.6. The minimum Gasteiger partial charge on any atom is -1.00 e. The van der Waals surface area contributed by atoms with Crippen molar-refractivity contribution in [2.75, 3.05) is 94.0 Å². The van der Waals surface area contributed by atoms with Gasteiger partial charge in [0.1, 0.15) is 34.0 Å². The Hall–Kier alpha value is -4.84. The van der Waals surface area contributed by atoms with Gasteiger partial charge in [-0.1, -0.05) is 50.2 Å². The molecule has 0 bridgehead atoms. The second-order valence-corrected chi connectivity index (χ2v) is 22.1. The van der Waals surface area contributed by atoms with Gasteiger partial charge in [-0.2, -0.15) is 0 Å². The van der Waals surface area contributed by atoms with Crippen LogP contribution in [0, 0.1) is 13.8 Å². The highest BCUT2D eigenvalue weighted by Gasteiger charge is 2.30. The van der Waals surface area contributed by atoms with Gasteiger partial charge in [0, 0.05) is 59.2 Å². The molecule has 0 amide bonds. The topological polar surface area (TPSA) is 182 Å². The number of rotatable bonds is 16. The molecule has 5 N–H and O–H groups in total. The van der Waals surface area contributed by atoms with Crippen LogP contribution in [0.2, 0.25) is 0 Å². The van der Waals surface area contributed by atoms with Gasteiger partial charge in [-0.05, 0) is 104 Å². The number of benzene rings is 4. The molecule has 0 aliphatic rings. The Morgan fingerprint density at radius 1 is 0.542 bits per heavy atom. The lowest BCUT2D eigenvalue weighted by molar-refractivity contribution is -0.305. The van der Waals surface area contributed by atoms with Crippen molar-refractivity contribution in [3.8, 4) is 0 Å². The molecular weight excluding hydrogens is 1040 g/mol. The van der Waals surface area contributed by atoms with Crippen molar-refractivity contribution in [3.05, 3.63) is 107 Å².